The summed E-state index contributed by atoms with van der Waals surface area (Å²) in [6, 6.07) is 12.0. The Balaban J connectivity index is 2.36. The number of nitrogens with two attached hydrogens (primary N) is 1. The van der Waals surface area contributed by atoms with Crippen LogP contribution >= 0.6 is 27.3 Å². The molecule has 2 aromatic rings. The number of anilines is 1. The zero-order valence-electron chi connectivity index (χ0n) is 10.5. The van der Waals surface area contributed by atoms with Gasteiger partial charge in [0.2, 0.25) is 0 Å². The molecule has 1 unspecified atom stereocenters. The molecule has 0 aliphatic rings. The minimum absolute atomic E-state index is 0.0748. The Hall–Kier alpha value is -1.35. The highest BCUT2D eigenvalue weighted by atomic mass is 79.9. The quantitative estimate of drug-likeness (QED) is 0.929. The van der Waals surface area contributed by atoms with Crippen molar-refractivity contribution in [3.63, 3.8) is 0 Å². The van der Waals surface area contributed by atoms with Gasteiger partial charge in [-0.15, -0.1) is 11.3 Å². The van der Waals surface area contributed by atoms with E-state index in [1.165, 1.54) is 4.88 Å². The molecule has 3 nitrogen and oxygen atoms in total. The molecule has 0 bridgehead atoms. The van der Waals surface area contributed by atoms with E-state index in [1.807, 2.05) is 36.7 Å². The summed E-state index contributed by atoms with van der Waals surface area (Å²) in [6.45, 7) is 0.503. The molecule has 1 atom stereocenters. The molecule has 0 aliphatic carbocycles. The van der Waals surface area contributed by atoms with Gasteiger partial charge >= 0.3 is 0 Å². The van der Waals surface area contributed by atoms with Crippen molar-refractivity contribution in [2.24, 2.45) is 5.73 Å². The molecule has 5 heteroatoms. The van der Waals surface area contributed by atoms with E-state index in [4.69, 9.17) is 5.73 Å². The molecular formula is C14H14BrN3S. The highest BCUT2D eigenvalue weighted by Crippen LogP contribution is 2.32. The predicted octanol–water partition coefficient (Wildman–Crippen LogP) is 3.52. The molecular weight excluding hydrogens is 322 g/mol. The highest BCUT2D eigenvalue weighted by Gasteiger charge is 2.19. The average Bonchev–Trinajstić information content (AvgIpc) is 2.86. The summed E-state index contributed by atoms with van der Waals surface area (Å²) in [5.74, 6) is 0. The number of nitriles is 1. The van der Waals surface area contributed by atoms with Crippen LogP contribution in [0.3, 0.4) is 0 Å². The van der Waals surface area contributed by atoms with Gasteiger partial charge in [0.05, 0.1) is 17.3 Å². The summed E-state index contributed by atoms with van der Waals surface area (Å²) < 4.78 is 1.06. The minimum atomic E-state index is 0.0748. The van der Waals surface area contributed by atoms with Crippen LogP contribution in [0.25, 0.3) is 0 Å². The Morgan fingerprint density at radius 3 is 2.79 bits per heavy atom. The molecule has 1 heterocycles. The molecule has 0 saturated carbocycles. The van der Waals surface area contributed by atoms with Crippen LogP contribution in [0.15, 0.2) is 40.2 Å². The van der Waals surface area contributed by atoms with Crippen molar-refractivity contribution in [1.29, 1.82) is 5.26 Å². The number of nitrogens with zero attached hydrogens (tertiary/aromatic N) is 2. The van der Waals surface area contributed by atoms with Gasteiger partial charge in [0.15, 0.2) is 0 Å². The summed E-state index contributed by atoms with van der Waals surface area (Å²) in [7, 11) is 1.97. The topological polar surface area (TPSA) is 53.0 Å². The largest absolute Gasteiger partial charge is 0.364 e. The second-order valence-corrected chi connectivity index (χ2v) is 6.02. The predicted molar refractivity (Wildman–Crippen MR) is 83.4 cm³/mol. The van der Waals surface area contributed by atoms with Crippen LogP contribution in [0.4, 0.5) is 5.69 Å². The van der Waals surface area contributed by atoms with Crippen LogP contribution in [0.1, 0.15) is 16.5 Å². The van der Waals surface area contributed by atoms with Gasteiger partial charge in [0, 0.05) is 28.3 Å². The summed E-state index contributed by atoms with van der Waals surface area (Å²) in [5.41, 5.74) is 7.48. The van der Waals surface area contributed by atoms with Crippen LogP contribution in [-0.4, -0.2) is 13.6 Å². The van der Waals surface area contributed by atoms with Gasteiger partial charge in [-0.25, -0.2) is 0 Å². The van der Waals surface area contributed by atoms with E-state index in [0.29, 0.717) is 12.1 Å². The standard InChI is InChI=1S/C14H14BrN3S/c1-18(12-5-3-2-4-10(12)7-16)13(8-17)14-6-11(15)9-19-14/h2-6,9,13H,8,17H2,1H3. The number of rotatable bonds is 4. The monoisotopic (exact) mass is 335 g/mol. The first-order chi connectivity index (χ1) is 9.17. The summed E-state index contributed by atoms with van der Waals surface area (Å²) >= 11 is 5.13. The summed E-state index contributed by atoms with van der Waals surface area (Å²) in [6.07, 6.45) is 0. The lowest BCUT2D eigenvalue weighted by atomic mass is 10.1. The van der Waals surface area contributed by atoms with E-state index < -0.39 is 0 Å². The Bertz CT molecular complexity index is 603. The first kappa shape index (κ1) is 14.1. The number of halogens is 1. The normalized spacial score (nSPS) is 11.9. The fourth-order valence-electron chi connectivity index (χ4n) is 2.01. The van der Waals surface area contributed by atoms with E-state index >= 15 is 0 Å². The lowest BCUT2D eigenvalue weighted by molar-refractivity contribution is 0.692. The number of likely N-dealkylation sites (N-methyl/N-ethyl adjacent to an activating group) is 1. The Morgan fingerprint density at radius 1 is 1.47 bits per heavy atom. The Kier molecular flexibility index (Phi) is 4.59. The maximum absolute atomic E-state index is 9.18. The number of thiophene rings is 1. The molecule has 2 rings (SSSR count). The third-order valence-electron chi connectivity index (χ3n) is 3.01. The number of hydrogen-bond acceptors (Lipinski definition) is 4. The van der Waals surface area contributed by atoms with Gasteiger partial charge < -0.3 is 10.6 Å². The molecule has 1 aromatic carbocycles. The van der Waals surface area contributed by atoms with Crippen molar-refractivity contribution < 1.29 is 0 Å². The number of para-hydroxylation sites is 1. The molecule has 0 fully saturated rings. The van der Waals surface area contributed by atoms with Gasteiger partial charge in [-0.05, 0) is 34.1 Å². The second kappa shape index (κ2) is 6.20. The fourth-order valence-corrected chi connectivity index (χ4v) is 3.61. The van der Waals surface area contributed by atoms with Crippen LogP contribution < -0.4 is 10.6 Å². The SMILES string of the molecule is CN(c1ccccc1C#N)C(CN)c1cc(Br)cs1. The van der Waals surface area contributed by atoms with Crippen molar-refractivity contribution in [1.82, 2.24) is 0 Å². The van der Waals surface area contributed by atoms with E-state index in [0.717, 1.165) is 10.2 Å². The molecule has 2 N–H and O–H groups in total. The second-order valence-electron chi connectivity index (χ2n) is 4.16. The van der Waals surface area contributed by atoms with Crippen LogP contribution in [0.5, 0.6) is 0 Å². The molecule has 0 amide bonds. The molecule has 19 heavy (non-hydrogen) atoms. The summed E-state index contributed by atoms with van der Waals surface area (Å²) in [5, 5.41) is 11.2. The van der Waals surface area contributed by atoms with Crippen molar-refractivity contribution in [2.45, 2.75) is 6.04 Å². The van der Waals surface area contributed by atoms with Crippen molar-refractivity contribution in [3.8, 4) is 6.07 Å². The van der Waals surface area contributed by atoms with Crippen LogP contribution in [-0.2, 0) is 0 Å². The van der Waals surface area contributed by atoms with E-state index in [2.05, 4.69) is 33.0 Å². The number of benzene rings is 1. The van der Waals surface area contributed by atoms with Crippen LogP contribution in [0.2, 0.25) is 0 Å². The first-order valence-corrected chi connectivity index (χ1v) is 7.50. The smallest absolute Gasteiger partial charge is 0.101 e. The number of hydrogen-bond donors (Lipinski definition) is 1. The Labute approximate surface area is 125 Å². The van der Waals surface area contributed by atoms with Crippen molar-refractivity contribution >= 4 is 33.0 Å². The lowest BCUT2D eigenvalue weighted by Crippen LogP contribution is -2.30. The van der Waals surface area contributed by atoms with Gasteiger partial charge in [0.1, 0.15) is 6.07 Å². The van der Waals surface area contributed by atoms with Gasteiger partial charge in [-0.3, -0.25) is 0 Å². The van der Waals surface area contributed by atoms with E-state index in [-0.39, 0.29) is 6.04 Å². The fraction of sp³-hybridized carbons (Fsp3) is 0.214. The molecule has 98 valence electrons. The van der Waals surface area contributed by atoms with Gasteiger partial charge in [0.25, 0.3) is 0 Å². The molecule has 0 aliphatic heterocycles. The van der Waals surface area contributed by atoms with Gasteiger partial charge in [-0.1, -0.05) is 12.1 Å². The molecule has 0 radical (unpaired) electrons. The highest BCUT2D eigenvalue weighted by molar-refractivity contribution is 9.10. The molecule has 0 spiro atoms. The lowest BCUT2D eigenvalue weighted by Gasteiger charge is -2.29. The average molecular weight is 336 g/mol. The molecule has 1 aromatic heterocycles. The third-order valence-corrected chi connectivity index (χ3v) is 4.81. The Morgan fingerprint density at radius 2 is 2.21 bits per heavy atom. The maximum Gasteiger partial charge on any atom is 0.101 e. The maximum atomic E-state index is 9.18. The summed E-state index contributed by atoms with van der Waals surface area (Å²) in [4.78, 5) is 3.25. The minimum Gasteiger partial charge on any atom is -0.364 e. The van der Waals surface area contributed by atoms with E-state index in [9.17, 15) is 5.26 Å². The van der Waals surface area contributed by atoms with Gasteiger partial charge in [-0.2, -0.15) is 5.26 Å². The third kappa shape index (κ3) is 2.98. The zero-order chi connectivity index (χ0) is 13.8. The molecule has 0 saturated heterocycles. The van der Waals surface area contributed by atoms with Crippen molar-refractivity contribution in [2.75, 3.05) is 18.5 Å². The first-order valence-electron chi connectivity index (χ1n) is 5.83. The zero-order valence-corrected chi connectivity index (χ0v) is 12.9. The van der Waals surface area contributed by atoms with Crippen LogP contribution in [0, 0.1) is 11.3 Å². The van der Waals surface area contributed by atoms with Crippen molar-refractivity contribution in [3.05, 3.63) is 50.6 Å². The van der Waals surface area contributed by atoms with E-state index in [1.54, 1.807) is 11.3 Å².